The molecule has 2 aliphatic rings. The number of rotatable bonds is 4. The molecule has 0 saturated carbocycles. The standard InChI is InChI=1S/C26H30ClN7O2/c27-19-4-5-20-22(15-19)30-24(28)16-23(20)32-11-13-33(14-12-32)26(36)31-21-3-1-2-10-34(25(21)35)17-18-6-8-29-9-7-18/h4-9,15-16,21H,1-3,10-14,17H2,(H2,28,30)(H,31,36). The number of nitrogen functional groups attached to an aromatic ring is 1. The third kappa shape index (κ3) is 5.31. The van der Waals surface area contributed by atoms with Gasteiger partial charge in [0, 0.05) is 73.8 Å². The quantitative estimate of drug-likeness (QED) is 0.561. The first-order valence-corrected chi connectivity index (χ1v) is 12.7. The number of pyridine rings is 2. The van der Waals surface area contributed by atoms with Gasteiger partial charge in [-0.1, -0.05) is 11.6 Å². The number of benzene rings is 1. The normalized spacial score (nSPS) is 18.9. The maximum atomic E-state index is 13.2. The fraction of sp³-hybridized carbons (Fsp3) is 0.385. The van der Waals surface area contributed by atoms with E-state index < -0.39 is 6.04 Å². The predicted molar refractivity (Wildman–Crippen MR) is 141 cm³/mol. The first-order chi connectivity index (χ1) is 17.5. The molecule has 4 heterocycles. The van der Waals surface area contributed by atoms with E-state index in [-0.39, 0.29) is 11.9 Å². The van der Waals surface area contributed by atoms with E-state index in [1.54, 1.807) is 17.3 Å². The summed E-state index contributed by atoms with van der Waals surface area (Å²) in [7, 11) is 0. The highest BCUT2D eigenvalue weighted by Crippen LogP contribution is 2.30. The van der Waals surface area contributed by atoms with Gasteiger partial charge in [0.05, 0.1) is 5.52 Å². The minimum Gasteiger partial charge on any atom is -0.384 e. The molecule has 10 heteroatoms. The molecule has 2 aromatic heterocycles. The van der Waals surface area contributed by atoms with Crippen LogP contribution in [0.4, 0.5) is 16.3 Å². The summed E-state index contributed by atoms with van der Waals surface area (Å²) < 4.78 is 0. The van der Waals surface area contributed by atoms with Crippen molar-refractivity contribution in [1.82, 2.24) is 25.1 Å². The monoisotopic (exact) mass is 507 g/mol. The summed E-state index contributed by atoms with van der Waals surface area (Å²) in [5.74, 6) is 0.414. The number of likely N-dealkylation sites (tertiary alicyclic amines) is 1. The van der Waals surface area contributed by atoms with Gasteiger partial charge in [-0.2, -0.15) is 0 Å². The van der Waals surface area contributed by atoms with Crippen LogP contribution in [0, 0.1) is 0 Å². The van der Waals surface area contributed by atoms with Crippen molar-refractivity contribution in [1.29, 1.82) is 0 Å². The van der Waals surface area contributed by atoms with E-state index in [4.69, 9.17) is 17.3 Å². The van der Waals surface area contributed by atoms with Crippen LogP contribution in [-0.4, -0.2) is 70.5 Å². The molecule has 0 radical (unpaired) electrons. The molecule has 3 amide bonds. The van der Waals surface area contributed by atoms with Crippen LogP contribution in [0.3, 0.4) is 0 Å². The third-order valence-electron chi connectivity index (χ3n) is 6.88. The number of hydrogen-bond donors (Lipinski definition) is 2. The van der Waals surface area contributed by atoms with Crippen molar-refractivity contribution >= 4 is 45.9 Å². The molecule has 2 saturated heterocycles. The summed E-state index contributed by atoms with van der Waals surface area (Å²) in [5, 5.41) is 4.60. The van der Waals surface area contributed by atoms with Crippen molar-refractivity contribution in [2.75, 3.05) is 43.4 Å². The Morgan fingerprint density at radius 1 is 1.06 bits per heavy atom. The average Bonchev–Trinajstić information content (AvgIpc) is 3.05. The first-order valence-electron chi connectivity index (χ1n) is 12.3. The van der Waals surface area contributed by atoms with E-state index in [1.807, 2.05) is 41.3 Å². The molecule has 1 unspecified atom stereocenters. The van der Waals surface area contributed by atoms with Crippen LogP contribution in [0.1, 0.15) is 24.8 Å². The van der Waals surface area contributed by atoms with Gasteiger partial charge in [0.25, 0.3) is 0 Å². The van der Waals surface area contributed by atoms with Crippen molar-refractivity contribution in [3.8, 4) is 0 Å². The highest BCUT2D eigenvalue weighted by atomic mass is 35.5. The Hall–Kier alpha value is -3.59. The van der Waals surface area contributed by atoms with Crippen LogP contribution < -0.4 is 16.0 Å². The molecule has 2 aliphatic heterocycles. The van der Waals surface area contributed by atoms with Gasteiger partial charge in [0.15, 0.2) is 0 Å². The highest BCUT2D eigenvalue weighted by molar-refractivity contribution is 6.31. The summed E-state index contributed by atoms with van der Waals surface area (Å²) in [6, 6.07) is 10.6. The zero-order chi connectivity index (χ0) is 25.1. The smallest absolute Gasteiger partial charge is 0.318 e. The van der Waals surface area contributed by atoms with E-state index in [0.717, 1.165) is 35.0 Å². The number of urea groups is 1. The molecule has 9 nitrogen and oxygen atoms in total. The Labute approximate surface area is 215 Å². The Bertz CT molecular complexity index is 1240. The van der Waals surface area contributed by atoms with Crippen molar-refractivity contribution in [3.63, 3.8) is 0 Å². The second-order valence-corrected chi connectivity index (χ2v) is 9.75. The maximum Gasteiger partial charge on any atom is 0.318 e. The molecule has 5 rings (SSSR count). The minimum absolute atomic E-state index is 0.0197. The molecule has 1 atom stereocenters. The number of fused-ring (bicyclic) bond motifs is 1. The molecule has 36 heavy (non-hydrogen) atoms. The Morgan fingerprint density at radius 3 is 2.61 bits per heavy atom. The van der Waals surface area contributed by atoms with Gasteiger partial charge < -0.3 is 25.8 Å². The van der Waals surface area contributed by atoms with E-state index >= 15 is 0 Å². The Balaban J connectivity index is 1.21. The maximum absolute atomic E-state index is 13.2. The van der Waals surface area contributed by atoms with Crippen molar-refractivity contribution in [2.24, 2.45) is 0 Å². The van der Waals surface area contributed by atoms with Gasteiger partial charge in [0.2, 0.25) is 5.91 Å². The number of nitrogens with two attached hydrogens (primary N) is 1. The SMILES string of the molecule is Nc1cc(N2CCN(C(=O)NC3CCCCN(Cc4ccncc4)C3=O)CC2)c2ccc(Cl)cc2n1. The van der Waals surface area contributed by atoms with Crippen molar-refractivity contribution < 1.29 is 9.59 Å². The molecule has 0 aliphatic carbocycles. The van der Waals surface area contributed by atoms with Crippen LogP contribution in [0.5, 0.6) is 0 Å². The number of hydrogen-bond acceptors (Lipinski definition) is 6. The molecule has 1 aromatic carbocycles. The third-order valence-corrected chi connectivity index (χ3v) is 7.11. The molecule has 2 fully saturated rings. The molecule has 0 spiro atoms. The number of carbonyl (C=O) groups is 2. The highest BCUT2D eigenvalue weighted by Gasteiger charge is 2.31. The summed E-state index contributed by atoms with van der Waals surface area (Å²) in [5.41, 5.74) is 8.82. The van der Waals surface area contributed by atoms with Gasteiger partial charge in [-0.15, -0.1) is 0 Å². The lowest BCUT2D eigenvalue weighted by atomic mass is 10.1. The zero-order valence-electron chi connectivity index (χ0n) is 20.1. The van der Waals surface area contributed by atoms with Crippen LogP contribution in [0.25, 0.3) is 10.9 Å². The molecule has 0 bridgehead atoms. The van der Waals surface area contributed by atoms with E-state index in [9.17, 15) is 9.59 Å². The number of aromatic nitrogens is 2. The van der Waals surface area contributed by atoms with Crippen molar-refractivity contribution in [2.45, 2.75) is 31.8 Å². The number of carbonyl (C=O) groups excluding carboxylic acids is 2. The Morgan fingerprint density at radius 2 is 1.83 bits per heavy atom. The molecule has 3 aromatic rings. The number of piperazine rings is 1. The van der Waals surface area contributed by atoms with E-state index in [1.165, 1.54) is 0 Å². The van der Waals surface area contributed by atoms with Crippen LogP contribution in [0.15, 0.2) is 48.8 Å². The fourth-order valence-electron chi connectivity index (χ4n) is 4.96. The van der Waals surface area contributed by atoms with Gasteiger partial charge in [-0.05, 0) is 55.2 Å². The van der Waals surface area contributed by atoms with Gasteiger partial charge in [0.1, 0.15) is 11.9 Å². The van der Waals surface area contributed by atoms with Crippen LogP contribution in [0.2, 0.25) is 5.02 Å². The lowest BCUT2D eigenvalue weighted by Crippen LogP contribution is -2.56. The minimum atomic E-state index is -0.506. The second kappa shape index (κ2) is 10.6. The molecular weight excluding hydrogens is 478 g/mol. The summed E-state index contributed by atoms with van der Waals surface area (Å²) in [4.78, 5) is 40.6. The number of anilines is 2. The largest absolute Gasteiger partial charge is 0.384 e. The molecule has 188 valence electrons. The van der Waals surface area contributed by atoms with Gasteiger partial charge >= 0.3 is 6.03 Å². The Kier molecular flexibility index (Phi) is 7.09. The summed E-state index contributed by atoms with van der Waals surface area (Å²) in [6.07, 6.45) is 5.94. The zero-order valence-corrected chi connectivity index (χ0v) is 20.8. The number of amides is 3. The van der Waals surface area contributed by atoms with Crippen LogP contribution >= 0.6 is 11.6 Å². The van der Waals surface area contributed by atoms with Gasteiger partial charge in [-0.3, -0.25) is 9.78 Å². The average molecular weight is 508 g/mol. The summed E-state index contributed by atoms with van der Waals surface area (Å²) in [6.45, 7) is 3.62. The fourth-order valence-corrected chi connectivity index (χ4v) is 5.13. The number of halogens is 1. The molecule has 3 N–H and O–H groups in total. The lowest BCUT2D eigenvalue weighted by molar-refractivity contribution is -0.133. The van der Waals surface area contributed by atoms with E-state index in [2.05, 4.69) is 20.2 Å². The number of nitrogens with zero attached hydrogens (tertiary/aromatic N) is 5. The lowest BCUT2D eigenvalue weighted by Gasteiger charge is -2.37. The number of nitrogens with one attached hydrogen (secondary N) is 1. The summed E-state index contributed by atoms with van der Waals surface area (Å²) >= 11 is 6.14. The predicted octanol–water partition coefficient (Wildman–Crippen LogP) is 3.28. The first kappa shape index (κ1) is 24.1. The topological polar surface area (TPSA) is 108 Å². The van der Waals surface area contributed by atoms with Crippen molar-refractivity contribution in [3.05, 3.63) is 59.4 Å². The molecular formula is C26H30ClN7O2. The van der Waals surface area contributed by atoms with E-state index in [0.29, 0.717) is 56.5 Å². The van der Waals surface area contributed by atoms with Gasteiger partial charge in [-0.25, -0.2) is 9.78 Å². The van der Waals surface area contributed by atoms with Crippen LogP contribution in [-0.2, 0) is 11.3 Å². The second-order valence-electron chi connectivity index (χ2n) is 9.31.